The van der Waals surface area contributed by atoms with E-state index in [1.807, 2.05) is 0 Å². The van der Waals surface area contributed by atoms with Gasteiger partial charge in [0.15, 0.2) is 0 Å². The summed E-state index contributed by atoms with van der Waals surface area (Å²) in [6, 6.07) is 0. The zero-order valence-corrected chi connectivity index (χ0v) is 10.7. The maximum absolute atomic E-state index is 7.88. The zero-order valence-electron chi connectivity index (χ0n) is 5.83. The Morgan fingerprint density at radius 3 is 0.462 bits per heavy atom. The summed E-state index contributed by atoms with van der Waals surface area (Å²) in [5.41, 5.74) is 0. The third kappa shape index (κ3) is 2170. The molecular weight excluding hydrogens is 315 g/mol. The first-order valence-corrected chi connectivity index (χ1v) is 1.00. The van der Waals surface area contributed by atoms with E-state index in [1.54, 1.807) is 15.1 Å². The Balaban J connectivity index is -0.00000000720. The van der Waals surface area contributed by atoms with Gasteiger partial charge in [0.1, 0.15) is 0 Å². The molecule has 0 aliphatic carbocycles. The van der Waals surface area contributed by atoms with E-state index in [4.69, 9.17) is 31.5 Å². The smallest absolute Gasteiger partial charge is 0.734 e. The Morgan fingerprint density at radius 1 is 0.462 bits per heavy atom. The van der Waals surface area contributed by atoms with Crippen molar-refractivity contribution >= 4 is 39.6 Å². The van der Waals surface area contributed by atoms with Crippen LogP contribution in [-0.2, 0) is 15.1 Å². The first-order valence-electron chi connectivity index (χ1n) is 1.00. The molecule has 0 saturated carbocycles. The molecule has 0 aromatic heterocycles. The van der Waals surface area contributed by atoms with Crippen LogP contribution >= 0.6 is 0 Å². The molecule has 4 N–H and O–H groups in total. The van der Waals surface area contributed by atoms with E-state index in [9.17, 15) is 0 Å². The van der Waals surface area contributed by atoms with Gasteiger partial charge in [-0.3, -0.25) is 0 Å². The van der Waals surface area contributed by atoms with Crippen LogP contribution in [0.5, 0.6) is 0 Å². The third-order valence-corrected chi connectivity index (χ3v) is 0. The minimum atomic E-state index is 0. The van der Waals surface area contributed by atoms with E-state index in [2.05, 4.69) is 0 Å². The van der Waals surface area contributed by atoms with Gasteiger partial charge in [0.05, 0.1) is 0 Å². The fourth-order valence-electron chi connectivity index (χ4n) is 0. The Bertz CT molecular complexity index is 12.8. The predicted molar refractivity (Wildman–Crippen MR) is 22.0 cm³/mol. The molecule has 0 aliphatic heterocycles. The molecule has 0 aromatic rings. The second-order valence-corrected chi connectivity index (χ2v) is 0.204. The molecule has 0 spiro atoms. The summed E-state index contributed by atoms with van der Waals surface area (Å²) in [6.07, 6.45) is 0. The summed E-state index contributed by atoms with van der Waals surface area (Å²) < 4.78 is 0. The molecule has 0 aliphatic rings. The maximum Gasteiger partial charge on any atom is 3.00 e. The summed E-state index contributed by atoms with van der Waals surface area (Å²) in [5.74, 6) is 0. The van der Waals surface area contributed by atoms with Gasteiger partial charge in [0.2, 0.25) is 0 Å². The summed E-state index contributed by atoms with van der Waals surface area (Å²) in [7, 11) is 0. The average molecular weight is 319 g/mol. The van der Waals surface area contributed by atoms with Gasteiger partial charge in [-0.05, 0) is 0 Å². The molecule has 0 rings (SSSR count). The molecule has 0 amide bonds. The minimum Gasteiger partial charge on any atom is -0.734 e. The van der Waals surface area contributed by atoms with Crippen LogP contribution in [0, 0.1) is 0 Å². The second-order valence-electron chi connectivity index (χ2n) is 0.204. The molecule has 13 heavy (non-hydrogen) atoms. The first-order chi connectivity index (χ1) is 4.24. The third-order valence-electron chi connectivity index (χ3n) is 0. The molecule has 11 nitrogen and oxygen atoms in total. The summed E-state index contributed by atoms with van der Waals surface area (Å²) in [4.78, 5) is 0. The predicted octanol–water partition coefficient (Wildman–Crippen LogP) is -9.75. The fraction of sp³-hybridized carbons (Fsp3) is 0. The topological polar surface area (TPSA) is 229 Å². The molecule has 0 saturated heterocycles. The molecule has 0 heterocycles. The largest absolute Gasteiger partial charge is 3.00 e. The normalized spacial score (nSPS) is 4.15. The van der Waals surface area contributed by atoms with Crippen molar-refractivity contribution in [3.8, 4) is 0 Å². The van der Waals surface area contributed by atoms with Crippen LogP contribution < -0.4 is 31.5 Å². The van der Waals surface area contributed by atoms with Crippen LogP contribution in [-0.4, -0.2) is 50.5 Å². The van der Waals surface area contributed by atoms with Gasteiger partial charge in [0, 0.05) is 0 Å². The molecule has 0 aromatic carbocycles. The van der Waals surface area contributed by atoms with Crippen molar-refractivity contribution in [3.63, 3.8) is 0 Å². The van der Waals surface area contributed by atoms with E-state index >= 15 is 0 Å². The molecule has 0 fully saturated rings. The first kappa shape index (κ1) is 48.8. The Kier molecular flexibility index (Phi) is 459. The van der Waals surface area contributed by atoms with E-state index in [-0.39, 0.29) is 50.5 Å². The number of hydrogen-bond acceptors (Lipinski definition) is 9. The molecule has 0 bridgehead atoms. The Morgan fingerprint density at radius 2 is 0.462 bits per heavy atom. The quantitative estimate of drug-likeness (QED) is 0.234. The zero-order chi connectivity index (χ0) is 8.12. The van der Waals surface area contributed by atoms with E-state index in [0.717, 1.165) is 0 Å². The Hall–Kier alpha value is 0.833. The van der Waals surface area contributed by atoms with E-state index in [1.165, 1.54) is 0 Å². The molecule has 0 atom stereocenters. The fourth-order valence-corrected chi connectivity index (χ4v) is 0. The minimum absolute atomic E-state index is 0. The van der Waals surface area contributed by atoms with Crippen molar-refractivity contribution in [3.05, 3.63) is 0 Å². The van der Waals surface area contributed by atoms with Crippen LogP contribution in [0.1, 0.15) is 0 Å². The molecule has 0 unspecified atom stereocenters. The molecular formula is H4Ga2O11. The summed E-state index contributed by atoms with van der Waals surface area (Å²) in [5, 5.41) is 52.5. The van der Waals surface area contributed by atoms with Crippen molar-refractivity contribution in [2.45, 2.75) is 0 Å². The number of hydrogen-bond donors (Lipinski definition) is 0. The van der Waals surface area contributed by atoms with Crippen molar-refractivity contribution < 1.29 is 57.6 Å². The van der Waals surface area contributed by atoms with Crippen LogP contribution in [0.4, 0.5) is 0 Å². The van der Waals surface area contributed by atoms with Crippen LogP contribution in [0.2, 0.25) is 0 Å². The van der Waals surface area contributed by atoms with Gasteiger partial charge in [-0.2, -0.15) is 0 Å². The van der Waals surface area contributed by atoms with Crippen LogP contribution in [0.15, 0.2) is 0 Å². The van der Waals surface area contributed by atoms with Gasteiger partial charge < -0.3 is 57.6 Å². The summed E-state index contributed by atoms with van der Waals surface area (Å²) >= 11 is 0. The van der Waals surface area contributed by atoms with Gasteiger partial charge in [0.25, 0.3) is 0 Å². The Labute approximate surface area is 97.4 Å². The van der Waals surface area contributed by atoms with Crippen molar-refractivity contribution in [2.24, 2.45) is 0 Å². The van der Waals surface area contributed by atoms with Crippen molar-refractivity contribution in [2.75, 3.05) is 0 Å². The van der Waals surface area contributed by atoms with E-state index < -0.39 is 0 Å². The maximum atomic E-state index is 7.88. The summed E-state index contributed by atoms with van der Waals surface area (Å²) in [6.45, 7) is 0. The SMILES string of the molecule is O.O.[Ga+3].[Ga+3].[O-]O[O-].[O-]O[O-].[O-]O[O-]. The van der Waals surface area contributed by atoms with E-state index in [0.29, 0.717) is 0 Å². The van der Waals surface area contributed by atoms with Gasteiger partial charge in [-0.15, -0.1) is 0 Å². The van der Waals surface area contributed by atoms with Crippen LogP contribution in [0.25, 0.3) is 0 Å². The second kappa shape index (κ2) is 122. The average Bonchev–Trinajstić information content (AvgIpc) is 1.70. The standard InChI is InChI=1S/2Ga.3H2O3.2H2O/c;;3*1-3-2;;/h;;3*1-2H;2*1H2/q2*+3;;;;;/p-6. The number of rotatable bonds is 0. The van der Waals surface area contributed by atoms with Gasteiger partial charge in [-0.1, -0.05) is 0 Å². The van der Waals surface area contributed by atoms with Crippen molar-refractivity contribution in [1.82, 2.24) is 0 Å². The van der Waals surface area contributed by atoms with Gasteiger partial charge in [-0.25, -0.2) is 0 Å². The monoisotopic (exact) mass is 318 g/mol. The van der Waals surface area contributed by atoms with Crippen LogP contribution in [0.3, 0.4) is 0 Å². The van der Waals surface area contributed by atoms with Gasteiger partial charge >= 0.3 is 39.6 Å². The van der Waals surface area contributed by atoms with Crippen molar-refractivity contribution in [1.29, 1.82) is 0 Å². The molecule has 76 valence electrons. The molecule has 0 radical (unpaired) electrons. The molecule has 13 heteroatoms.